The highest BCUT2D eigenvalue weighted by Gasteiger charge is 2.28. The molecule has 0 bridgehead atoms. The van der Waals surface area contributed by atoms with Crippen LogP contribution < -0.4 is 0 Å². The zero-order valence-corrected chi connectivity index (χ0v) is 14.9. The molecule has 0 aromatic heterocycles. The number of fused-ring (bicyclic) bond motifs is 1. The molecular weight excluding hydrogens is 342 g/mol. The second kappa shape index (κ2) is 7.54. The molecule has 1 amide bonds. The van der Waals surface area contributed by atoms with E-state index in [4.69, 9.17) is 0 Å². The molecule has 1 heterocycles. The number of hydrogen-bond acceptors (Lipinski definition) is 4. The van der Waals surface area contributed by atoms with E-state index in [1.807, 2.05) is 54.6 Å². The van der Waals surface area contributed by atoms with Gasteiger partial charge in [-0.05, 0) is 16.3 Å². The van der Waals surface area contributed by atoms with E-state index in [1.165, 1.54) is 17.1 Å². The SMILES string of the molecule is O=C1CS/C(=N/N=C/c2cccc3ccccc23)N1Cc1ccccc1. The van der Waals surface area contributed by atoms with Gasteiger partial charge in [-0.15, -0.1) is 5.10 Å². The van der Waals surface area contributed by atoms with E-state index in [1.54, 1.807) is 11.1 Å². The first kappa shape index (κ1) is 16.5. The summed E-state index contributed by atoms with van der Waals surface area (Å²) in [6.07, 6.45) is 1.75. The summed E-state index contributed by atoms with van der Waals surface area (Å²) in [6, 6.07) is 24.2. The molecule has 0 unspecified atom stereocenters. The van der Waals surface area contributed by atoms with Crippen molar-refractivity contribution >= 4 is 39.8 Å². The van der Waals surface area contributed by atoms with Crippen LogP contribution in [-0.4, -0.2) is 27.9 Å². The molecule has 1 aliphatic heterocycles. The van der Waals surface area contributed by atoms with Crippen LogP contribution in [0.3, 0.4) is 0 Å². The van der Waals surface area contributed by atoms with Crippen molar-refractivity contribution in [1.29, 1.82) is 0 Å². The number of nitrogens with zero attached hydrogens (tertiary/aromatic N) is 3. The van der Waals surface area contributed by atoms with Crippen molar-refractivity contribution in [3.05, 3.63) is 83.9 Å². The molecule has 1 fully saturated rings. The predicted octanol–water partition coefficient (Wildman–Crippen LogP) is 4.31. The predicted molar refractivity (Wildman–Crippen MR) is 108 cm³/mol. The van der Waals surface area contributed by atoms with Gasteiger partial charge in [0.1, 0.15) is 0 Å². The Morgan fingerprint density at radius 3 is 2.62 bits per heavy atom. The molecule has 0 saturated carbocycles. The zero-order chi connectivity index (χ0) is 17.8. The highest BCUT2D eigenvalue weighted by Crippen LogP contribution is 2.22. The maximum atomic E-state index is 12.2. The first-order chi connectivity index (χ1) is 12.8. The topological polar surface area (TPSA) is 45.0 Å². The maximum Gasteiger partial charge on any atom is 0.239 e. The second-order valence-electron chi connectivity index (χ2n) is 5.95. The third-order valence-corrected chi connectivity index (χ3v) is 5.16. The molecule has 1 saturated heterocycles. The smallest absolute Gasteiger partial charge is 0.239 e. The van der Waals surface area contributed by atoms with Gasteiger partial charge in [-0.2, -0.15) is 5.10 Å². The number of amidine groups is 1. The van der Waals surface area contributed by atoms with E-state index in [0.717, 1.165) is 16.5 Å². The molecule has 128 valence electrons. The first-order valence-corrected chi connectivity index (χ1v) is 9.36. The van der Waals surface area contributed by atoms with E-state index in [2.05, 4.69) is 28.4 Å². The Kier molecular flexibility index (Phi) is 4.80. The van der Waals surface area contributed by atoms with E-state index in [9.17, 15) is 4.79 Å². The van der Waals surface area contributed by atoms with Crippen LogP contribution in [0.15, 0.2) is 83.0 Å². The first-order valence-electron chi connectivity index (χ1n) is 8.37. The zero-order valence-electron chi connectivity index (χ0n) is 14.1. The van der Waals surface area contributed by atoms with Crippen LogP contribution in [0.25, 0.3) is 10.8 Å². The number of carbonyl (C=O) groups excluding carboxylic acids is 1. The summed E-state index contributed by atoms with van der Waals surface area (Å²) in [5.41, 5.74) is 2.09. The Morgan fingerprint density at radius 1 is 0.962 bits per heavy atom. The summed E-state index contributed by atoms with van der Waals surface area (Å²) in [5, 5.41) is 11.5. The molecular formula is C21H17N3OS. The minimum absolute atomic E-state index is 0.0676. The molecule has 4 rings (SSSR count). The van der Waals surface area contributed by atoms with Crippen LogP contribution in [0.2, 0.25) is 0 Å². The molecule has 0 atom stereocenters. The van der Waals surface area contributed by atoms with Crippen molar-refractivity contribution in [2.75, 3.05) is 5.75 Å². The van der Waals surface area contributed by atoms with Gasteiger partial charge in [0.2, 0.25) is 5.91 Å². The largest absolute Gasteiger partial charge is 0.285 e. The molecule has 3 aromatic carbocycles. The van der Waals surface area contributed by atoms with Crippen molar-refractivity contribution in [3.8, 4) is 0 Å². The lowest BCUT2D eigenvalue weighted by Gasteiger charge is -2.14. The van der Waals surface area contributed by atoms with Gasteiger partial charge >= 0.3 is 0 Å². The maximum absolute atomic E-state index is 12.2. The number of thioether (sulfide) groups is 1. The number of amides is 1. The third kappa shape index (κ3) is 3.53. The van der Waals surface area contributed by atoms with Gasteiger partial charge in [0.05, 0.1) is 18.5 Å². The van der Waals surface area contributed by atoms with Crippen LogP contribution in [0.4, 0.5) is 0 Å². The van der Waals surface area contributed by atoms with Gasteiger partial charge in [-0.3, -0.25) is 9.69 Å². The Bertz CT molecular complexity index is 993. The summed E-state index contributed by atoms with van der Waals surface area (Å²) >= 11 is 1.43. The van der Waals surface area contributed by atoms with Gasteiger partial charge in [0.15, 0.2) is 5.17 Å². The Morgan fingerprint density at radius 2 is 1.73 bits per heavy atom. The van der Waals surface area contributed by atoms with Gasteiger partial charge in [0.25, 0.3) is 0 Å². The van der Waals surface area contributed by atoms with Crippen molar-refractivity contribution in [3.63, 3.8) is 0 Å². The molecule has 0 N–H and O–H groups in total. The lowest BCUT2D eigenvalue weighted by Crippen LogP contribution is -2.28. The quantitative estimate of drug-likeness (QED) is 0.515. The minimum Gasteiger partial charge on any atom is -0.285 e. The summed E-state index contributed by atoms with van der Waals surface area (Å²) < 4.78 is 0. The number of hydrogen-bond donors (Lipinski definition) is 0. The van der Waals surface area contributed by atoms with Gasteiger partial charge < -0.3 is 0 Å². The Labute approximate surface area is 156 Å². The summed E-state index contributed by atoms with van der Waals surface area (Å²) in [4.78, 5) is 13.9. The number of carbonyl (C=O) groups is 1. The fourth-order valence-electron chi connectivity index (χ4n) is 2.90. The second-order valence-corrected chi connectivity index (χ2v) is 6.89. The average molecular weight is 359 g/mol. The third-order valence-electron chi connectivity index (χ3n) is 4.20. The summed E-state index contributed by atoms with van der Waals surface area (Å²) in [5.74, 6) is 0.480. The van der Waals surface area contributed by atoms with Crippen LogP contribution in [0.5, 0.6) is 0 Å². The van der Waals surface area contributed by atoms with Crippen LogP contribution in [0, 0.1) is 0 Å². The fraction of sp³-hybridized carbons (Fsp3) is 0.0952. The number of rotatable bonds is 4. The minimum atomic E-state index is 0.0676. The van der Waals surface area contributed by atoms with Crippen molar-refractivity contribution in [2.24, 2.45) is 10.2 Å². The van der Waals surface area contributed by atoms with Crippen LogP contribution in [-0.2, 0) is 11.3 Å². The van der Waals surface area contributed by atoms with Crippen molar-refractivity contribution < 1.29 is 4.79 Å². The summed E-state index contributed by atoms with van der Waals surface area (Å²) in [7, 11) is 0. The molecule has 0 spiro atoms. The molecule has 26 heavy (non-hydrogen) atoms. The molecule has 4 nitrogen and oxygen atoms in total. The molecule has 5 heteroatoms. The lowest BCUT2D eigenvalue weighted by molar-refractivity contribution is -0.124. The number of benzene rings is 3. The van der Waals surface area contributed by atoms with Gasteiger partial charge in [-0.25, -0.2) is 0 Å². The van der Waals surface area contributed by atoms with Crippen molar-refractivity contribution in [1.82, 2.24) is 4.90 Å². The highest BCUT2D eigenvalue weighted by atomic mass is 32.2. The average Bonchev–Trinajstić information content (AvgIpc) is 3.03. The lowest BCUT2D eigenvalue weighted by atomic mass is 10.1. The van der Waals surface area contributed by atoms with Crippen LogP contribution in [0.1, 0.15) is 11.1 Å². The normalized spacial score (nSPS) is 16.2. The fourth-order valence-corrected chi connectivity index (χ4v) is 3.73. The van der Waals surface area contributed by atoms with Crippen molar-refractivity contribution in [2.45, 2.75) is 6.54 Å². The van der Waals surface area contributed by atoms with E-state index in [0.29, 0.717) is 17.5 Å². The van der Waals surface area contributed by atoms with E-state index < -0.39 is 0 Å². The molecule has 0 aliphatic carbocycles. The van der Waals surface area contributed by atoms with E-state index in [-0.39, 0.29) is 5.91 Å². The highest BCUT2D eigenvalue weighted by molar-refractivity contribution is 8.15. The Hall–Kier alpha value is -2.92. The van der Waals surface area contributed by atoms with Gasteiger partial charge in [-0.1, -0.05) is 84.6 Å². The summed E-state index contributed by atoms with van der Waals surface area (Å²) in [6.45, 7) is 0.523. The van der Waals surface area contributed by atoms with E-state index >= 15 is 0 Å². The Balaban J connectivity index is 1.56. The molecule has 1 aliphatic rings. The van der Waals surface area contributed by atoms with Crippen LogP contribution >= 0.6 is 11.8 Å². The monoisotopic (exact) mass is 359 g/mol. The molecule has 3 aromatic rings. The molecule has 0 radical (unpaired) electrons. The van der Waals surface area contributed by atoms with Gasteiger partial charge in [0, 0.05) is 5.56 Å². The standard InChI is InChI=1S/C21H17N3OS/c25-20-15-26-21(24(20)14-16-7-2-1-3-8-16)23-22-13-18-11-6-10-17-9-4-5-12-19(17)18/h1-13H,14-15H2/b22-13+,23-21+.